The van der Waals surface area contributed by atoms with E-state index in [-0.39, 0.29) is 29.8 Å². The van der Waals surface area contributed by atoms with E-state index in [1.165, 1.54) is 19.2 Å². The third-order valence-electron chi connectivity index (χ3n) is 6.81. The lowest BCUT2D eigenvalue weighted by Gasteiger charge is -2.26. The molecule has 0 radical (unpaired) electrons. The molecule has 8 heteroatoms. The van der Waals surface area contributed by atoms with Crippen LogP contribution in [0.15, 0.2) is 66.9 Å². The van der Waals surface area contributed by atoms with Gasteiger partial charge in [-0.1, -0.05) is 48.5 Å². The Morgan fingerprint density at radius 1 is 1.00 bits per heavy atom. The number of carbonyl (C=O) groups excluding carboxylic acids is 2. The maximum Gasteiger partial charge on any atom is 0.411 e. The van der Waals surface area contributed by atoms with Gasteiger partial charge in [-0.2, -0.15) is 0 Å². The molecule has 0 spiro atoms. The molecule has 178 valence electrons. The zero-order valence-electron chi connectivity index (χ0n) is 19.2. The number of amides is 2. The van der Waals surface area contributed by atoms with Crippen LogP contribution in [-0.4, -0.2) is 40.2 Å². The van der Waals surface area contributed by atoms with Gasteiger partial charge in [-0.05, 0) is 60.1 Å². The Morgan fingerprint density at radius 3 is 2.23 bits per heavy atom. The highest BCUT2D eigenvalue weighted by Crippen LogP contribution is 2.44. The van der Waals surface area contributed by atoms with Crippen molar-refractivity contribution >= 4 is 23.7 Å². The second kappa shape index (κ2) is 8.87. The number of pyridine rings is 1. The first kappa shape index (κ1) is 22.6. The summed E-state index contributed by atoms with van der Waals surface area (Å²) in [5, 5.41) is 14.8. The number of carboxylic acids is 1. The highest BCUT2D eigenvalue weighted by molar-refractivity contribution is 6.03. The summed E-state index contributed by atoms with van der Waals surface area (Å²) >= 11 is 0. The minimum Gasteiger partial charge on any atom is -0.480 e. The zero-order valence-corrected chi connectivity index (χ0v) is 19.2. The van der Waals surface area contributed by atoms with E-state index in [1.54, 1.807) is 6.07 Å². The number of benzene rings is 2. The number of hydrogen-bond acceptors (Lipinski definition) is 5. The maximum atomic E-state index is 12.9. The Bertz CT molecular complexity index is 1270. The molecule has 1 unspecified atom stereocenters. The van der Waals surface area contributed by atoms with Gasteiger partial charge in [-0.15, -0.1) is 0 Å². The number of nitrogens with one attached hydrogen (secondary N) is 2. The van der Waals surface area contributed by atoms with Crippen molar-refractivity contribution in [2.45, 2.75) is 31.2 Å². The van der Waals surface area contributed by atoms with E-state index in [4.69, 9.17) is 4.74 Å². The summed E-state index contributed by atoms with van der Waals surface area (Å²) in [6.07, 6.45) is 2.15. The van der Waals surface area contributed by atoms with E-state index in [0.717, 1.165) is 35.1 Å². The number of aliphatic carboxylic acids is 1. The molecular formula is C27H25N3O5. The molecule has 8 nitrogen and oxygen atoms in total. The molecule has 0 bridgehead atoms. The van der Waals surface area contributed by atoms with Crippen molar-refractivity contribution in [1.29, 1.82) is 0 Å². The fourth-order valence-corrected chi connectivity index (χ4v) is 4.72. The first-order chi connectivity index (χ1) is 16.9. The summed E-state index contributed by atoms with van der Waals surface area (Å²) in [7, 11) is 0. The van der Waals surface area contributed by atoms with Crippen molar-refractivity contribution in [3.05, 3.63) is 83.7 Å². The molecule has 1 heterocycles. The number of hydrogen-bond donors (Lipinski definition) is 3. The quantitative estimate of drug-likeness (QED) is 0.469. The molecule has 2 amide bonds. The molecule has 1 aromatic heterocycles. The maximum absolute atomic E-state index is 12.9. The van der Waals surface area contributed by atoms with Crippen LogP contribution in [0.4, 0.5) is 10.5 Å². The van der Waals surface area contributed by atoms with Crippen LogP contribution < -0.4 is 10.6 Å². The van der Waals surface area contributed by atoms with Crippen LogP contribution in [0.3, 0.4) is 0 Å². The smallest absolute Gasteiger partial charge is 0.411 e. The Labute approximate surface area is 202 Å². The Hall–Kier alpha value is -4.20. The largest absolute Gasteiger partial charge is 0.480 e. The van der Waals surface area contributed by atoms with E-state index in [9.17, 15) is 19.5 Å². The van der Waals surface area contributed by atoms with Crippen LogP contribution >= 0.6 is 0 Å². The van der Waals surface area contributed by atoms with Gasteiger partial charge < -0.3 is 15.2 Å². The third-order valence-corrected chi connectivity index (χ3v) is 6.81. The number of fused-ring (bicyclic) bond motifs is 3. The molecule has 1 fully saturated rings. The van der Waals surface area contributed by atoms with Crippen molar-refractivity contribution in [2.24, 2.45) is 5.92 Å². The van der Waals surface area contributed by atoms with Gasteiger partial charge in [-0.25, -0.2) is 14.6 Å². The lowest BCUT2D eigenvalue weighted by atomic mass is 9.95. The van der Waals surface area contributed by atoms with Gasteiger partial charge in [0, 0.05) is 12.1 Å². The SMILES string of the molecule is CC(NC(=O)c1ncccc1NC(=O)OCC1c2ccccc2-c2ccccc21)(C(=O)O)C1CC1. The highest BCUT2D eigenvalue weighted by Gasteiger charge is 2.49. The predicted octanol–water partition coefficient (Wildman–Crippen LogP) is 4.43. The number of carbonyl (C=O) groups is 3. The van der Waals surface area contributed by atoms with E-state index in [0.29, 0.717) is 0 Å². The fraction of sp³-hybridized carbons (Fsp3) is 0.259. The number of aromatic nitrogens is 1. The summed E-state index contributed by atoms with van der Waals surface area (Å²) in [4.78, 5) is 41.5. The minimum absolute atomic E-state index is 0.0749. The summed E-state index contributed by atoms with van der Waals surface area (Å²) < 4.78 is 5.56. The van der Waals surface area contributed by atoms with E-state index >= 15 is 0 Å². The first-order valence-corrected chi connectivity index (χ1v) is 11.5. The molecule has 2 aromatic carbocycles. The lowest BCUT2D eigenvalue weighted by molar-refractivity contribution is -0.144. The summed E-state index contributed by atoms with van der Waals surface area (Å²) in [6, 6.07) is 19.2. The standard InChI is InChI=1S/C27H25N3O5/c1-27(25(32)33,16-12-13-16)30-24(31)23-22(11-6-14-28-23)29-26(34)35-15-21-19-9-4-2-7-17(19)18-8-3-5-10-20(18)21/h2-11,14,16,21H,12-13,15H2,1H3,(H,29,34)(H,30,31)(H,32,33). The van der Waals surface area contributed by atoms with E-state index in [1.807, 2.05) is 36.4 Å². The van der Waals surface area contributed by atoms with Gasteiger partial charge in [-0.3, -0.25) is 10.1 Å². The molecule has 1 atom stereocenters. The number of nitrogens with zero attached hydrogens (tertiary/aromatic N) is 1. The predicted molar refractivity (Wildman–Crippen MR) is 129 cm³/mol. The van der Waals surface area contributed by atoms with Crippen molar-refractivity contribution in [1.82, 2.24) is 10.3 Å². The Morgan fingerprint density at radius 2 is 1.63 bits per heavy atom. The topological polar surface area (TPSA) is 118 Å². The number of carboxylic acid groups (broad SMARTS) is 1. The highest BCUT2D eigenvalue weighted by atomic mass is 16.5. The van der Waals surface area contributed by atoms with Gasteiger partial charge in [0.15, 0.2) is 5.69 Å². The minimum atomic E-state index is -1.39. The van der Waals surface area contributed by atoms with Crippen LogP contribution in [0, 0.1) is 5.92 Å². The number of anilines is 1. The molecule has 35 heavy (non-hydrogen) atoms. The van der Waals surface area contributed by atoms with Crippen molar-refractivity contribution in [3.63, 3.8) is 0 Å². The van der Waals surface area contributed by atoms with Crippen molar-refractivity contribution < 1.29 is 24.2 Å². The van der Waals surface area contributed by atoms with Crippen LogP contribution in [0.25, 0.3) is 11.1 Å². The average molecular weight is 472 g/mol. The molecule has 0 aliphatic heterocycles. The zero-order chi connectivity index (χ0) is 24.6. The monoisotopic (exact) mass is 471 g/mol. The van der Waals surface area contributed by atoms with E-state index in [2.05, 4.69) is 27.8 Å². The molecule has 0 saturated heterocycles. The van der Waals surface area contributed by atoms with Gasteiger partial charge in [0.05, 0.1) is 5.69 Å². The van der Waals surface area contributed by atoms with Crippen molar-refractivity contribution in [2.75, 3.05) is 11.9 Å². The Kier molecular flexibility index (Phi) is 5.72. The molecule has 3 N–H and O–H groups in total. The summed E-state index contributed by atoms with van der Waals surface area (Å²) in [6.45, 7) is 1.62. The number of rotatable bonds is 7. The van der Waals surface area contributed by atoms with Crippen LogP contribution in [0.5, 0.6) is 0 Å². The van der Waals surface area contributed by atoms with Gasteiger partial charge >= 0.3 is 12.1 Å². The van der Waals surface area contributed by atoms with Crippen molar-refractivity contribution in [3.8, 4) is 11.1 Å². The summed E-state index contributed by atoms with van der Waals surface area (Å²) in [5.41, 5.74) is 3.11. The van der Waals surface area contributed by atoms with Crippen LogP contribution in [0.2, 0.25) is 0 Å². The normalized spacial score (nSPS) is 15.9. The molecule has 2 aliphatic carbocycles. The molecule has 5 rings (SSSR count). The molecular weight excluding hydrogens is 446 g/mol. The van der Waals surface area contributed by atoms with Gasteiger partial charge in [0.25, 0.3) is 5.91 Å². The first-order valence-electron chi connectivity index (χ1n) is 11.5. The third kappa shape index (κ3) is 4.23. The lowest BCUT2D eigenvalue weighted by Crippen LogP contribution is -2.54. The Balaban J connectivity index is 1.29. The molecule has 1 saturated carbocycles. The van der Waals surface area contributed by atoms with Gasteiger partial charge in [0.1, 0.15) is 12.1 Å². The number of ether oxygens (including phenoxy) is 1. The van der Waals surface area contributed by atoms with Crippen LogP contribution in [-0.2, 0) is 9.53 Å². The average Bonchev–Trinajstić information content (AvgIpc) is 3.67. The summed E-state index contributed by atoms with van der Waals surface area (Å²) in [5.74, 6) is -2.00. The second-order valence-electron chi connectivity index (χ2n) is 9.09. The molecule has 2 aliphatic rings. The van der Waals surface area contributed by atoms with Gasteiger partial charge in [0.2, 0.25) is 0 Å². The van der Waals surface area contributed by atoms with Crippen LogP contribution in [0.1, 0.15) is 47.3 Å². The molecule has 3 aromatic rings. The van der Waals surface area contributed by atoms with E-state index < -0.39 is 23.5 Å². The second-order valence-corrected chi connectivity index (χ2v) is 9.09. The fourth-order valence-electron chi connectivity index (χ4n) is 4.72.